The molecule has 0 bridgehead atoms. The van der Waals surface area contributed by atoms with Gasteiger partial charge in [0, 0.05) is 25.1 Å². The number of anilines is 2. The molecule has 2 fully saturated rings. The predicted molar refractivity (Wildman–Crippen MR) is 82.9 cm³/mol. The Bertz CT molecular complexity index is 481. The second-order valence-corrected chi connectivity index (χ2v) is 6.52. The first kappa shape index (κ1) is 13.7. The van der Waals surface area contributed by atoms with Crippen LogP contribution in [0.25, 0.3) is 0 Å². The molecule has 4 nitrogen and oxygen atoms in total. The normalized spacial score (nSPS) is 21.6. The molecule has 0 unspecified atom stereocenters. The van der Waals surface area contributed by atoms with E-state index in [-0.39, 0.29) is 0 Å². The molecule has 110 valence electrons. The summed E-state index contributed by atoms with van der Waals surface area (Å²) in [6.07, 6.45) is 9.21. The van der Waals surface area contributed by atoms with E-state index in [4.69, 9.17) is 10.7 Å². The molecule has 2 heterocycles. The average molecular weight is 274 g/mol. The van der Waals surface area contributed by atoms with E-state index in [2.05, 4.69) is 16.8 Å². The first-order valence-electron chi connectivity index (χ1n) is 8.01. The molecular formula is C16H26N4. The third-order valence-corrected chi connectivity index (χ3v) is 5.31. The first-order chi connectivity index (χ1) is 9.63. The summed E-state index contributed by atoms with van der Waals surface area (Å²) in [6.45, 7) is 6.38. The Hall–Kier alpha value is -1.32. The van der Waals surface area contributed by atoms with Gasteiger partial charge in [-0.1, -0.05) is 19.8 Å². The summed E-state index contributed by atoms with van der Waals surface area (Å²) in [5.74, 6) is 2.58. The van der Waals surface area contributed by atoms with E-state index in [0.717, 1.165) is 36.7 Å². The maximum absolute atomic E-state index is 6.04. The topological polar surface area (TPSA) is 55.0 Å². The van der Waals surface area contributed by atoms with Gasteiger partial charge in [-0.3, -0.25) is 0 Å². The monoisotopic (exact) mass is 274 g/mol. The van der Waals surface area contributed by atoms with Crippen molar-refractivity contribution >= 4 is 11.6 Å². The zero-order valence-electron chi connectivity index (χ0n) is 12.8. The van der Waals surface area contributed by atoms with E-state index < -0.39 is 0 Å². The number of nitrogen functional groups attached to an aromatic ring is 1. The van der Waals surface area contributed by atoms with Crippen molar-refractivity contribution in [2.45, 2.75) is 58.8 Å². The van der Waals surface area contributed by atoms with Crippen LogP contribution >= 0.6 is 0 Å². The minimum Gasteiger partial charge on any atom is -0.383 e. The number of nitrogens with two attached hydrogens (primary N) is 1. The molecule has 2 N–H and O–H groups in total. The van der Waals surface area contributed by atoms with E-state index >= 15 is 0 Å². The van der Waals surface area contributed by atoms with Gasteiger partial charge >= 0.3 is 0 Å². The van der Waals surface area contributed by atoms with Crippen molar-refractivity contribution in [1.29, 1.82) is 0 Å². The van der Waals surface area contributed by atoms with Crippen LogP contribution in [0.1, 0.15) is 56.8 Å². The van der Waals surface area contributed by atoms with Crippen LogP contribution in [0.3, 0.4) is 0 Å². The van der Waals surface area contributed by atoms with Gasteiger partial charge in [0.1, 0.15) is 17.5 Å². The number of rotatable bonds is 2. The van der Waals surface area contributed by atoms with E-state index in [1.807, 2.05) is 6.92 Å². The summed E-state index contributed by atoms with van der Waals surface area (Å²) >= 11 is 0. The molecule has 1 aliphatic carbocycles. The second-order valence-electron chi connectivity index (χ2n) is 6.52. The molecule has 1 aliphatic heterocycles. The van der Waals surface area contributed by atoms with Gasteiger partial charge in [-0.25, -0.2) is 9.97 Å². The molecule has 1 aromatic heterocycles. The summed E-state index contributed by atoms with van der Waals surface area (Å²) in [5.41, 5.74) is 7.74. The van der Waals surface area contributed by atoms with Crippen LogP contribution in [-0.2, 0) is 6.42 Å². The Kier molecular flexibility index (Phi) is 3.57. The van der Waals surface area contributed by atoms with Gasteiger partial charge in [-0.05, 0) is 38.0 Å². The molecule has 0 amide bonds. The predicted octanol–water partition coefficient (Wildman–Crippen LogP) is 3.09. The van der Waals surface area contributed by atoms with Crippen LogP contribution < -0.4 is 10.6 Å². The quantitative estimate of drug-likeness (QED) is 0.900. The minimum atomic E-state index is 0.646. The molecule has 3 rings (SSSR count). The molecule has 1 saturated heterocycles. The number of aromatic nitrogens is 2. The third-order valence-electron chi connectivity index (χ3n) is 5.31. The van der Waals surface area contributed by atoms with Gasteiger partial charge in [-0.15, -0.1) is 0 Å². The summed E-state index contributed by atoms with van der Waals surface area (Å²) in [5, 5.41) is 0. The lowest BCUT2D eigenvalue weighted by atomic mass is 9.77. The lowest BCUT2D eigenvalue weighted by Gasteiger charge is -2.40. The van der Waals surface area contributed by atoms with E-state index in [1.165, 1.54) is 38.5 Å². The fourth-order valence-electron chi connectivity index (χ4n) is 3.85. The number of hydrogen-bond donors (Lipinski definition) is 1. The summed E-state index contributed by atoms with van der Waals surface area (Å²) < 4.78 is 0. The van der Waals surface area contributed by atoms with Crippen LogP contribution in [0.5, 0.6) is 0 Å². The molecule has 0 aromatic carbocycles. The molecule has 0 atom stereocenters. The van der Waals surface area contributed by atoms with Gasteiger partial charge in [0.25, 0.3) is 0 Å². The van der Waals surface area contributed by atoms with Crippen LogP contribution in [-0.4, -0.2) is 23.1 Å². The molecule has 4 heteroatoms. The number of nitrogens with zero attached hydrogens (tertiary/aromatic N) is 3. The highest BCUT2D eigenvalue weighted by Crippen LogP contribution is 2.46. The maximum Gasteiger partial charge on any atom is 0.137 e. The number of aryl methyl sites for hydroxylation is 1. The van der Waals surface area contributed by atoms with Crippen molar-refractivity contribution in [2.75, 3.05) is 23.7 Å². The third kappa shape index (κ3) is 2.36. The van der Waals surface area contributed by atoms with Crippen molar-refractivity contribution in [2.24, 2.45) is 5.41 Å². The van der Waals surface area contributed by atoms with Gasteiger partial charge in [0.15, 0.2) is 0 Å². The molecule has 1 spiro atoms. The van der Waals surface area contributed by atoms with Crippen LogP contribution in [0.4, 0.5) is 11.6 Å². The Morgan fingerprint density at radius 1 is 1.10 bits per heavy atom. The summed E-state index contributed by atoms with van der Waals surface area (Å²) in [4.78, 5) is 11.5. The highest BCUT2D eigenvalue weighted by Gasteiger charge is 2.37. The van der Waals surface area contributed by atoms with Gasteiger partial charge < -0.3 is 10.6 Å². The lowest BCUT2D eigenvalue weighted by molar-refractivity contribution is 0.226. The average Bonchev–Trinajstić information content (AvgIpc) is 2.91. The van der Waals surface area contributed by atoms with Crippen LogP contribution in [0, 0.1) is 12.3 Å². The Morgan fingerprint density at radius 2 is 1.75 bits per heavy atom. The molecule has 1 saturated carbocycles. The largest absolute Gasteiger partial charge is 0.383 e. The van der Waals surface area contributed by atoms with Gasteiger partial charge in [0.2, 0.25) is 0 Å². The zero-order chi connectivity index (χ0) is 14.2. The van der Waals surface area contributed by atoms with Crippen molar-refractivity contribution < 1.29 is 0 Å². The number of piperidine rings is 1. The molecule has 1 aromatic rings. The zero-order valence-corrected chi connectivity index (χ0v) is 12.8. The smallest absolute Gasteiger partial charge is 0.137 e. The summed E-state index contributed by atoms with van der Waals surface area (Å²) in [7, 11) is 0. The standard InChI is InChI=1S/C16H26N4/c1-3-13-18-14(17)12(2)15(19-13)20-10-8-16(9-11-20)6-4-5-7-16/h3-11H2,1-2H3,(H2,17,18,19). The lowest BCUT2D eigenvalue weighted by Crippen LogP contribution is -2.39. The maximum atomic E-state index is 6.04. The highest BCUT2D eigenvalue weighted by molar-refractivity contribution is 5.56. The second kappa shape index (κ2) is 5.23. The Labute approximate surface area is 121 Å². The molecular weight excluding hydrogens is 248 g/mol. The number of hydrogen-bond acceptors (Lipinski definition) is 4. The van der Waals surface area contributed by atoms with Crippen LogP contribution in [0.2, 0.25) is 0 Å². The fourth-order valence-corrected chi connectivity index (χ4v) is 3.85. The van der Waals surface area contributed by atoms with Crippen molar-refractivity contribution in [3.63, 3.8) is 0 Å². The van der Waals surface area contributed by atoms with Crippen LogP contribution in [0.15, 0.2) is 0 Å². The van der Waals surface area contributed by atoms with Gasteiger partial charge in [0.05, 0.1) is 0 Å². The fraction of sp³-hybridized carbons (Fsp3) is 0.750. The van der Waals surface area contributed by atoms with Crippen molar-refractivity contribution in [1.82, 2.24) is 9.97 Å². The first-order valence-corrected chi connectivity index (χ1v) is 8.01. The molecule has 2 aliphatic rings. The molecule has 0 radical (unpaired) electrons. The Balaban J connectivity index is 1.79. The van der Waals surface area contributed by atoms with Crippen molar-refractivity contribution in [3.8, 4) is 0 Å². The van der Waals surface area contributed by atoms with E-state index in [1.54, 1.807) is 0 Å². The molecule has 20 heavy (non-hydrogen) atoms. The minimum absolute atomic E-state index is 0.646. The van der Waals surface area contributed by atoms with Crippen molar-refractivity contribution in [3.05, 3.63) is 11.4 Å². The van der Waals surface area contributed by atoms with Gasteiger partial charge in [-0.2, -0.15) is 0 Å². The highest BCUT2D eigenvalue weighted by atomic mass is 15.2. The Morgan fingerprint density at radius 3 is 2.35 bits per heavy atom. The van der Waals surface area contributed by atoms with E-state index in [0.29, 0.717) is 11.2 Å². The van der Waals surface area contributed by atoms with E-state index in [9.17, 15) is 0 Å². The summed E-state index contributed by atoms with van der Waals surface area (Å²) in [6, 6.07) is 0. The SMILES string of the molecule is CCc1nc(N)c(C)c(N2CCC3(CCCC3)CC2)n1.